The van der Waals surface area contributed by atoms with E-state index in [-0.39, 0.29) is 24.5 Å². The molecule has 0 bridgehead atoms. The summed E-state index contributed by atoms with van der Waals surface area (Å²) in [5, 5.41) is 11.6. The van der Waals surface area contributed by atoms with E-state index in [4.69, 9.17) is 0 Å². The van der Waals surface area contributed by atoms with E-state index in [1.165, 1.54) is 0 Å². The largest absolute Gasteiger partial charge is 0.293 e. The minimum Gasteiger partial charge on any atom is -0.293 e. The highest BCUT2D eigenvalue weighted by Gasteiger charge is 2.19. The van der Waals surface area contributed by atoms with Gasteiger partial charge >= 0.3 is 0 Å². The van der Waals surface area contributed by atoms with Crippen molar-refractivity contribution in [1.29, 1.82) is 0 Å². The summed E-state index contributed by atoms with van der Waals surface area (Å²) in [6.07, 6.45) is 3.56. The van der Waals surface area contributed by atoms with Gasteiger partial charge in [0.2, 0.25) is 11.9 Å². The maximum absolute atomic E-state index is 12.8. The van der Waals surface area contributed by atoms with E-state index in [0.29, 0.717) is 16.6 Å². The summed E-state index contributed by atoms with van der Waals surface area (Å²) >= 11 is 0. The number of halogens is 1. The van der Waals surface area contributed by atoms with E-state index < -0.39 is 17.3 Å². The number of carbonyl (C=O) groups excluding carboxylic acids is 1. The molecule has 3 aromatic rings. The van der Waals surface area contributed by atoms with Crippen molar-refractivity contribution in [3.05, 3.63) is 40.5 Å². The molecule has 0 aliphatic carbocycles. The minimum atomic E-state index is -0.611. The predicted octanol–water partition coefficient (Wildman–Crippen LogP) is 1.87. The fraction of sp³-hybridized carbons (Fsp3) is 0.412. The monoisotopic (exact) mass is 373 g/mol. The molecule has 0 aliphatic rings. The fourth-order valence-corrected chi connectivity index (χ4v) is 2.54. The number of nitrogens with zero attached hydrogens (tertiary/aromatic N) is 6. The Labute approximate surface area is 154 Å². The number of anilines is 1. The highest BCUT2D eigenvalue weighted by Crippen LogP contribution is 2.20. The molecule has 0 saturated carbocycles. The normalized spacial score (nSPS) is 11.5. The van der Waals surface area contributed by atoms with E-state index in [1.54, 1.807) is 10.9 Å². The number of hydrogen-bond donors (Lipinski definition) is 1. The van der Waals surface area contributed by atoms with Crippen molar-refractivity contribution < 1.29 is 9.18 Å². The Balaban J connectivity index is 1.96. The summed E-state index contributed by atoms with van der Waals surface area (Å²) in [7, 11) is 0. The van der Waals surface area contributed by atoms with E-state index in [2.05, 4.69) is 25.5 Å². The molecular formula is C17H20FN7O2. The van der Waals surface area contributed by atoms with Gasteiger partial charge in [0.25, 0.3) is 5.56 Å². The van der Waals surface area contributed by atoms with Crippen LogP contribution < -0.4 is 10.9 Å². The van der Waals surface area contributed by atoms with Crippen LogP contribution in [0.25, 0.3) is 10.9 Å². The van der Waals surface area contributed by atoms with Gasteiger partial charge in [-0.05, 0) is 19.8 Å². The topological polar surface area (TPSA) is 108 Å². The lowest BCUT2D eigenvalue weighted by Crippen LogP contribution is -2.31. The van der Waals surface area contributed by atoms with E-state index in [9.17, 15) is 14.0 Å². The third kappa shape index (κ3) is 3.83. The summed E-state index contributed by atoms with van der Waals surface area (Å²) in [5.74, 6) is -1.19. The van der Waals surface area contributed by atoms with Crippen molar-refractivity contribution in [2.24, 2.45) is 0 Å². The maximum Gasteiger partial charge on any atom is 0.278 e. The first-order valence-electron chi connectivity index (χ1n) is 8.53. The Bertz CT molecular complexity index is 1040. The Morgan fingerprint density at radius 3 is 2.44 bits per heavy atom. The fourth-order valence-electron chi connectivity index (χ4n) is 2.54. The predicted molar refractivity (Wildman–Crippen MR) is 96.9 cm³/mol. The number of aromatic nitrogens is 6. The molecule has 3 aromatic heterocycles. The molecule has 10 heteroatoms. The van der Waals surface area contributed by atoms with Gasteiger partial charge in [-0.1, -0.05) is 13.8 Å². The molecule has 1 N–H and O–H groups in total. The van der Waals surface area contributed by atoms with Gasteiger partial charge < -0.3 is 0 Å². The molecule has 3 heterocycles. The van der Waals surface area contributed by atoms with Crippen molar-refractivity contribution >= 4 is 22.8 Å². The highest BCUT2D eigenvalue weighted by molar-refractivity contribution is 5.89. The summed E-state index contributed by atoms with van der Waals surface area (Å²) in [5.41, 5.74) is 0.772. The van der Waals surface area contributed by atoms with E-state index in [0.717, 1.165) is 17.1 Å². The lowest BCUT2D eigenvalue weighted by atomic mass is 10.1. The zero-order valence-electron chi connectivity index (χ0n) is 15.5. The summed E-state index contributed by atoms with van der Waals surface area (Å²) < 4.78 is 15.7. The lowest BCUT2D eigenvalue weighted by Gasteiger charge is -2.10. The molecule has 142 valence electrons. The second kappa shape index (κ2) is 7.22. The van der Waals surface area contributed by atoms with Gasteiger partial charge in [0, 0.05) is 12.2 Å². The highest BCUT2D eigenvalue weighted by atomic mass is 19.1. The first-order valence-corrected chi connectivity index (χ1v) is 8.53. The molecule has 0 spiro atoms. The van der Waals surface area contributed by atoms with Crippen LogP contribution in [-0.4, -0.2) is 35.4 Å². The lowest BCUT2D eigenvalue weighted by molar-refractivity contribution is -0.117. The molecule has 0 atom stereocenters. The Kier molecular flexibility index (Phi) is 4.98. The average molecular weight is 373 g/mol. The quantitative estimate of drug-likeness (QED) is 0.731. The van der Waals surface area contributed by atoms with Crippen LogP contribution in [0.3, 0.4) is 0 Å². The van der Waals surface area contributed by atoms with E-state index >= 15 is 0 Å². The molecule has 0 fully saturated rings. The number of rotatable bonds is 5. The van der Waals surface area contributed by atoms with Crippen LogP contribution >= 0.6 is 0 Å². The molecular weight excluding hydrogens is 353 g/mol. The van der Waals surface area contributed by atoms with Crippen LogP contribution in [0.1, 0.15) is 45.3 Å². The van der Waals surface area contributed by atoms with Crippen LogP contribution in [0.2, 0.25) is 0 Å². The summed E-state index contributed by atoms with van der Waals surface area (Å²) in [6.45, 7) is 7.49. The number of amides is 1. The third-order valence-corrected chi connectivity index (χ3v) is 3.91. The summed E-state index contributed by atoms with van der Waals surface area (Å²) in [6, 6.07) is 0.0872. The van der Waals surface area contributed by atoms with Crippen molar-refractivity contribution in [3.8, 4) is 0 Å². The van der Waals surface area contributed by atoms with Crippen LogP contribution in [0.4, 0.5) is 10.3 Å². The second-order valence-corrected chi connectivity index (χ2v) is 6.74. The summed E-state index contributed by atoms with van der Waals surface area (Å²) in [4.78, 5) is 32.3. The molecule has 9 nitrogen and oxygen atoms in total. The number of hydrogen-bond acceptors (Lipinski definition) is 6. The Hall–Kier alpha value is -3.17. The van der Waals surface area contributed by atoms with Gasteiger partial charge in [-0.2, -0.15) is 10.2 Å². The van der Waals surface area contributed by atoms with Crippen molar-refractivity contribution in [3.63, 3.8) is 0 Å². The molecule has 0 aromatic carbocycles. The Morgan fingerprint density at radius 2 is 1.85 bits per heavy atom. The first-order chi connectivity index (χ1) is 12.8. The zero-order chi connectivity index (χ0) is 19.7. The van der Waals surface area contributed by atoms with Gasteiger partial charge in [-0.3, -0.25) is 19.6 Å². The molecule has 3 rings (SSSR count). The van der Waals surface area contributed by atoms with Crippen molar-refractivity contribution in [1.82, 2.24) is 29.5 Å². The molecule has 1 amide bonds. The molecule has 0 unspecified atom stereocenters. The number of nitrogens with one attached hydrogen (secondary N) is 1. The smallest absolute Gasteiger partial charge is 0.278 e. The maximum atomic E-state index is 12.8. The van der Waals surface area contributed by atoms with Gasteiger partial charge in [0.05, 0.1) is 23.5 Å². The molecule has 0 saturated heterocycles. The standard InChI is InChI=1S/C17H20FN7O2/c1-9(2)14-15-12(7-24(23-15)10(3)4)16(27)25(22-14)8-13(26)21-17-19-5-11(18)6-20-17/h5-7,9-10H,8H2,1-4H3,(H,19,20,21,26). The van der Waals surface area contributed by atoms with Gasteiger partial charge in [0.15, 0.2) is 5.82 Å². The van der Waals surface area contributed by atoms with Crippen LogP contribution in [0.15, 0.2) is 23.4 Å². The second-order valence-electron chi connectivity index (χ2n) is 6.74. The SMILES string of the molecule is CC(C)c1nn(CC(=O)Nc2ncc(F)cn2)c(=O)c2cn(C(C)C)nc12. The van der Waals surface area contributed by atoms with Gasteiger partial charge in [-0.25, -0.2) is 19.0 Å². The van der Waals surface area contributed by atoms with Crippen molar-refractivity contribution in [2.75, 3.05) is 5.32 Å². The minimum absolute atomic E-state index is 0.0124. The van der Waals surface area contributed by atoms with Crippen LogP contribution in [-0.2, 0) is 11.3 Å². The average Bonchev–Trinajstić information content (AvgIpc) is 3.05. The molecule has 0 radical (unpaired) electrons. The van der Waals surface area contributed by atoms with E-state index in [1.807, 2.05) is 27.7 Å². The van der Waals surface area contributed by atoms with Crippen molar-refractivity contribution in [2.45, 2.75) is 46.2 Å². The number of carbonyl (C=O) groups is 1. The van der Waals surface area contributed by atoms with Crippen LogP contribution in [0.5, 0.6) is 0 Å². The third-order valence-electron chi connectivity index (χ3n) is 3.91. The van der Waals surface area contributed by atoms with Gasteiger partial charge in [-0.15, -0.1) is 0 Å². The molecule has 27 heavy (non-hydrogen) atoms. The Morgan fingerprint density at radius 1 is 1.19 bits per heavy atom. The molecule has 0 aliphatic heterocycles. The van der Waals surface area contributed by atoms with Gasteiger partial charge in [0.1, 0.15) is 12.1 Å². The first kappa shape index (κ1) is 18.6. The number of fused-ring (bicyclic) bond motifs is 1. The zero-order valence-corrected chi connectivity index (χ0v) is 15.5. The van der Waals surface area contributed by atoms with Crippen LogP contribution in [0, 0.1) is 5.82 Å².